The van der Waals surface area contributed by atoms with Crippen molar-refractivity contribution in [2.24, 2.45) is 0 Å². The molecule has 2 aliphatic rings. The van der Waals surface area contributed by atoms with E-state index in [4.69, 9.17) is 5.11 Å². The molecular weight excluding hydrogens is 329 g/mol. The second-order valence-corrected chi connectivity index (χ2v) is 6.54. The summed E-state index contributed by atoms with van der Waals surface area (Å²) in [6, 6.07) is 3.37. The Kier molecular flexibility index (Phi) is 3.64. The molecule has 0 bridgehead atoms. The third-order valence-corrected chi connectivity index (χ3v) is 4.84. The van der Waals surface area contributed by atoms with Gasteiger partial charge in [-0.1, -0.05) is 0 Å². The van der Waals surface area contributed by atoms with E-state index in [1.807, 2.05) is 16.5 Å². The first kappa shape index (κ1) is 15.9. The standard InChI is InChI=1S/C17H18FN3O4/c1-19-9-6-20(7-9)14-5-13-11(4-12(14)18)16(22)15(25-17(23)24)8-21(13)10-2-3-10/h4-5,8-10,19H,2-3,6-7H2,1H3,(H,23,24). The Bertz CT molecular complexity index is 916. The van der Waals surface area contributed by atoms with Crippen LogP contribution in [0.4, 0.5) is 14.9 Å². The molecule has 0 spiro atoms. The van der Waals surface area contributed by atoms with Crippen LogP contribution in [0.15, 0.2) is 23.1 Å². The van der Waals surface area contributed by atoms with Gasteiger partial charge in [0.05, 0.1) is 22.8 Å². The second-order valence-electron chi connectivity index (χ2n) is 6.54. The topological polar surface area (TPSA) is 83.8 Å². The minimum absolute atomic E-state index is 0.137. The highest BCUT2D eigenvalue weighted by molar-refractivity contribution is 5.85. The van der Waals surface area contributed by atoms with Gasteiger partial charge in [-0.2, -0.15) is 0 Å². The summed E-state index contributed by atoms with van der Waals surface area (Å²) in [5.74, 6) is -0.785. The van der Waals surface area contributed by atoms with E-state index in [1.54, 1.807) is 6.07 Å². The number of carboxylic acid groups (broad SMARTS) is 1. The Balaban J connectivity index is 1.85. The zero-order valence-electron chi connectivity index (χ0n) is 13.7. The monoisotopic (exact) mass is 347 g/mol. The van der Waals surface area contributed by atoms with E-state index in [0.717, 1.165) is 12.8 Å². The third kappa shape index (κ3) is 2.72. The van der Waals surface area contributed by atoms with Crippen molar-refractivity contribution in [3.05, 3.63) is 34.4 Å². The number of pyridine rings is 1. The third-order valence-electron chi connectivity index (χ3n) is 4.84. The largest absolute Gasteiger partial charge is 0.511 e. The summed E-state index contributed by atoms with van der Waals surface area (Å²) in [6.45, 7) is 1.40. The Hall–Kier alpha value is -2.61. The van der Waals surface area contributed by atoms with E-state index < -0.39 is 17.4 Å². The van der Waals surface area contributed by atoms with Gasteiger partial charge in [-0.15, -0.1) is 0 Å². The number of likely N-dealkylation sites (N-methyl/N-ethyl adjacent to an activating group) is 1. The van der Waals surface area contributed by atoms with Gasteiger partial charge >= 0.3 is 6.16 Å². The predicted molar refractivity (Wildman–Crippen MR) is 90.2 cm³/mol. The molecule has 8 heteroatoms. The summed E-state index contributed by atoms with van der Waals surface area (Å²) >= 11 is 0. The van der Waals surface area contributed by atoms with Crippen LogP contribution in [0, 0.1) is 5.82 Å². The van der Waals surface area contributed by atoms with E-state index in [1.165, 1.54) is 12.3 Å². The molecule has 0 atom stereocenters. The molecule has 2 fully saturated rings. The summed E-state index contributed by atoms with van der Waals surface area (Å²) in [4.78, 5) is 25.2. The van der Waals surface area contributed by atoms with E-state index in [0.29, 0.717) is 30.3 Å². The molecule has 25 heavy (non-hydrogen) atoms. The smallest absolute Gasteiger partial charge is 0.449 e. The lowest BCUT2D eigenvalue weighted by Crippen LogP contribution is -2.57. The van der Waals surface area contributed by atoms with Crippen LogP contribution in [0.25, 0.3) is 10.9 Å². The van der Waals surface area contributed by atoms with Crippen LogP contribution >= 0.6 is 0 Å². The first-order valence-electron chi connectivity index (χ1n) is 8.19. The fraction of sp³-hybridized carbons (Fsp3) is 0.412. The van der Waals surface area contributed by atoms with Crippen molar-refractivity contribution < 1.29 is 19.0 Å². The summed E-state index contributed by atoms with van der Waals surface area (Å²) in [7, 11) is 1.87. The number of rotatable bonds is 4. The van der Waals surface area contributed by atoms with E-state index in [2.05, 4.69) is 10.1 Å². The lowest BCUT2D eigenvalue weighted by atomic mass is 10.1. The van der Waals surface area contributed by atoms with Crippen molar-refractivity contribution in [1.29, 1.82) is 0 Å². The maximum Gasteiger partial charge on any atom is 0.511 e. The molecule has 1 aliphatic heterocycles. The number of anilines is 1. The number of ether oxygens (including phenoxy) is 1. The summed E-state index contributed by atoms with van der Waals surface area (Å²) in [5.41, 5.74) is 0.450. The Labute approximate surface area is 142 Å². The Morgan fingerprint density at radius 1 is 1.36 bits per heavy atom. The highest BCUT2D eigenvalue weighted by Crippen LogP contribution is 2.39. The SMILES string of the molecule is CNC1CN(c2cc3c(cc2F)c(=O)c(OC(=O)O)cn3C2CC2)C1. The Morgan fingerprint density at radius 3 is 2.68 bits per heavy atom. The number of fused-ring (bicyclic) bond motifs is 1. The van der Waals surface area contributed by atoms with Gasteiger partial charge in [-0.3, -0.25) is 4.79 Å². The van der Waals surface area contributed by atoms with Crippen molar-refractivity contribution in [2.45, 2.75) is 24.9 Å². The van der Waals surface area contributed by atoms with Gasteiger partial charge in [-0.25, -0.2) is 9.18 Å². The fourth-order valence-corrected chi connectivity index (χ4v) is 3.26. The average Bonchev–Trinajstić information content (AvgIpc) is 3.34. The molecule has 4 rings (SSSR count). The van der Waals surface area contributed by atoms with Crippen LogP contribution in [0.3, 0.4) is 0 Å². The van der Waals surface area contributed by atoms with Gasteiger partial charge in [0.25, 0.3) is 0 Å². The van der Waals surface area contributed by atoms with Crippen molar-refractivity contribution >= 4 is 22.7 Å². The zero-order valence-corrected chi connectivity index (χ0v) is 13.7. The van der Waals surface area contributed by atoms with Gasteiger partial charge < -0.3 is 24.6 Å². The number of benzene rings is 1. The van der Waals surface area contributed by atoms with Crippen LogP contribution in [0.2, 0.25) is 0 Å². The Morgan fingerprint density at radius 2 is 2.08 bits per heavy atom. The molecule has 7 nitrogen and oxygen atoms in total. The van der Waals surface area contributed by atoms with Crippen LogP contribution in [0.1, 0.15) is 18.9 Å². The maximum absolute atomic E-state index is 14.6. The second kappa shape index (κ2) is 5.73. The number of nitrogens with zero attached hydrogens (tertiary/aromatic N) is 2. The molecular formula is C17H18FN3O4. The first-order chi connectivity index (χ1) is 12.0. The number of hydrogen-bond donors (Lipinski definition) is 2. The van der Waals surface area contributed by atoms with Gasteiger partial charge in [0, 0.05) is 25.2 Å². The number of hydrogen-bond acceptors (Lipinski definition) is 5. The molecule has 1 saturated carbocycles. The van der Waals surface area contributed by atoms with Crippen molar-refractivity contribution in [3.8, 4) is 5.75 Å². The highest BCUT2D eigenvalue weighted by Gasteiger charge is 2.30. The summed E-state index contributed by atoms with van der Waals surface area (Å²) in [6.07, 6.45) is 1.73. The fourth-order valence-electron chi connectivity index (χ4n) is 3.26. The van der Waals surface area contributed by atoms with E-state index >= 15 is 0 Å². The molecule has 1 aromatic carbocycles. The minimum atomic E-state index is -1.56. The van der Waals surface area contributed by atoms with Crippen LogP contribution < -0.4 is 20.4 Å². The van der Waals surface area contributed by atoms with Gasteiger partial charge in [0.1, 0.15) is 5.82 Å². The molecule has 1 aromatic heterocycles. The van der Waals surface area contributed by atoms with Crippen molar-refractivity contribution in [2.75, 3.05) is 25.0 Å². The van der Waals surface area contributed by atoms with Gasteiger partial charge in [0.15, 0.2) is 5.75 Å². The molecule has 0 radical (unpaired) electrons. The summed E-state index contributed by atoms with van der Waals surface area (Å²) in [5, 5.41) is 12.1. The molecule has 2 aromatic rings. The van der Waals surface area contributed by atoms with Crippen LogP contribution in [-0.4, -0.2) is 42.0 Å². The zero-order chi connectivity index (χ0) is 17.7. The molecule has 132 valence electrons. The molecule has 1 saturated heterocycles. The number of carbonyl (C=O) groups is 1. The van der Waals surface area contributed by atoms with E-state index in [9.17, 15) is 14.0 Å². The lowest BCUT2D eigenvalue weighted by Gasteiger charge is -2.41. The molecule has 2 N–H and O–H groups in total. The van der Waals surface area contributed by atoms with Gasteiger partial charge in [0.2, 0.25) is 5.43 Å². The maximum atomic E-state index is 14.6. The quantitative estimate of drug-likeness (QED) is 0.823. The van der Waals surface area contributed by atoms with Crippen LogP contribution in [-0.2, 0) is 0 Å². The van der Waals surface area contributed by atoms with Crippen molar-refractivity contribution in [3.63, 3.8) is 0 Å². The number of halogens is 1. The highest BCUT2D eigenvalue weighted by atomic mass is 19.1. The normalized spacial score (nSPS) is 17.6. The van der Waals surface area contributed by atoms with Crippen molar-refractivity contribution in [1.82, 2.24) is 9.88 Å². The van der Waals surface area contributed by atoms with E-state index in [-0.39, 0.29) is 17.2 Å². The molecule has 1 aliphatic carbocycles. The first-order valence-corrected chi connectivity index (χ1v) is 8.19. The summed E-state index contributed by atoms with van der Waals surface area (Å²) < 4.78 is 21.0. The molecule has 0 amide bonds. The predicted octanol–water partition coefficient (Wildman–Crippen LogP) is 1.94. The average molecular weight is 347 g/mol. The minimum Gasteiger partial charge on any atom is -0.449 e. The van der Waals surface area contributed by atoms with Crippen LogP contribution in [0.5, 0.6) is 5.75 Å². The van der Waals surface area contributed by atoms with Gasteiger partial charge in [-0.05, 0) is 32.0 Å². The number of nitrogens with one attached hydrogen (secondary N) is 1. The lowest BCUT2D eigenvalue weighted by molar-refractivity contribution is 0.143. The molecule has 0 unspecified atom stereocenters. The molecule has 2 heterocycles. The number of aromatic nitrogens is 1.